The topological polar surface area (TPSA) is 130 Å². The Hall–Kier alpha value is -3.14. The smallest absolute Gasteiger partial charge is 0.409 e. The number of benzene rings is 2. The average Bonchev–Trinajstić information content (AvgIpc) is 3.43. The summed E-state index contributed by atoms with van der Waals surface area (Å²) in [5.74, 6) is -0.355. The summed E-state index contributed by atoms with van der Waals surface area (Å²) in [6, 6.07) is 16.6. The van der Waals surface area contributed by atoms with Crippen molar-refractivity contribution in [3.05, 3.63) is 59.7 Å². The molecule has 0 N–H and O–H groups in total. The van der Waals surface area contributed by atoms with Crippen LogP contribution in [0.4, 0.5) is 4.79 Å². The Morgan fingerprint density at radius 1 is 0.569 bits per heavy atom. The summed E-state index contributed by atoms with van der Waals surface area (Å²) in [6.07, 6.45) is -0.368. The number of hydrogen-bond acceptors (Lipinski definition) is 12. The Balaban J connectivity index is 1.01. The number of fused-ring (bicyclic) bond motifs is 3. The Bertz CT molecular complexity index is 1210. The van der Waals surface area contributed by atoms with Gasteiger partial charge in [-0.05, 0) is 43.0 Å². The molecule has 0 radical (unpaired) electrons. The second kappa shape index (κ2) is 24.9. The Morgan fingerprint density at radius 3 is 1.35 bits per heavy atom. The van der Waals surface area contributed by atoms with Crippen LogP contribution >= 0.6 is 0 Å². The number of rotatable bonds is 28. The predicted molar refractivity (Wildman–Crippen MR) is 190 cm³/mol. The molecule has 3 rings (SSSR count). The first-order valence-electron chi connectivity index (χ1n) is 17.7. The average molecular weight is 720 g/mol. The van der Waals surface area contributed by atoms with Crippen molar-refractivity contribution < 1.29 is 57.0 Å². The molecule has 0 aliphatic heterocycles. The van der Waals surface area contributed by atoms with Gasteiger partial charge in [-0.3, -0.25) is 0 Å². The lowest BCUT2D eigenvalue weighted by atomic mass is 9.98. The van der Waals surface area contributed by atoms with Crippen molar-refractivity contribution in [2.45, 2.75) is 32.3 Å². The molecule has 1 aliphatic rings. The maximum Gasteiger partial charge on any atom is 0.409 e. The molecule has 0 bridgehead atoms. The van der Waals surface area contributed by atoms with Crippen LogP contribution in [-0.4, -0.2) is 148 Å². The van der Waals surface area contributed by atoms with E-state index in [0.29, 0.717) is 112 Å². The fraction of sp³-hybridized carbons (Fsp3) is 0.632. The highest BCUT2D eigenvalue weighted by Crippen LogP contribution is 2.44. The lowest BCUT2D eigenvalue weighted by Crippen LogP contribution is -2.32. The quantitative estimate of drug-likeness (QED) is 0.0917. The molecule has 0 heterocycles. The van der Waals surface area contributed by atoms with Crippen molar-refractivity contribution in [1.82, 2.24) is 4.90 Å². The summed E-state index contributed by atoms with van der Waals surface area (Å²) in [5.41, 5.74) is 4.27. The van der Waals surface area contributed by atoms with Crippen LogP contribution in [0.15, 0.2) is 48.5 Å². The minimum Gasteiger partial charge on any atom is -0.458 e. The second-order valence-electron chi connectivity index (χ2n) is 12.7. The van der Waals surface area contributed by atoms with Crippen LogP contribution in [0.3, 0.4) is 0 Å². The molecule has 51 heavy (non-hydrogen) atoms. The summed E-state index contributed by atoms with van der Waals surface area (Å²) in [7, 11) is 1.71. The Kier molecular flexibility index (Phi) is 20.7. The molecule has 1 amide bonds. The maximum atomic E-state index is 12.6. The number of esters is 1. The van der Waals surface area contributed by atoms with E-state index in [1.807, 2.05) is 45.0 Å². The normalized spacial score (nSPS) is 12.5. The van der Waals surface area contributed by atoms with Gasteiger partial charge in [-0.15, -0.1) is 0 Å². The molecule has 13 heteroatoms. The third-order valence-electron chi connectivity index (χ3n) is 7.46. The van der Waals surface area contributed by atoms with Gasteiger partial charge in [0.1, 0.15) is 18.8 Å². The molecule has 2 aromatic rings. The van der Waals surface area contributed by atoms with Crippen LogP contribution in [0, 0.1) is 0 Å². The number of carbonyl (C=O) groups excluding carboxylic acids is 2. The fourth-order valence-electron chi connectivity index (χ4n) is 5.06. The Morgan fingerprint density at radius 2 is 0.941 bits per heavy atom. The third-order valence-corrected chi connectivity index (χ3v) is 7.46. The van der Waals surface area contributed by atoms with Crippen LogP contribution < -0.4 is 0 Å². The van der Waals surface area contributed by atoms with E-state index in [4.69, 9.17) is 47.4 Å². The number of nitrogens with zero attached hydrogens (tertiary/aromatic N) is 1. The van der Waals surface area contributed by atoms with E-state index in [-0.39, 0.29) is 18.6 Å². The monoisotopic (exact) mass is 719 g/mol. The van der Waals surface area contributed by atoms with Crippen LogP contribution in [0.1, 0.15) is 37.8 Å². The zero-order valence-electron chi connectivity index (χ0n) is 30.8. The van der Waals surface area contributed by atoms with Crippen LogP contribution in [0.5, 0.6) is 0 Å². The van der Waals surface area contributed by atoms with Crippen molar-refractivity contribution in [1.29, 1.82) is 0 Å². The summed E-state index contributed by atoms with van der Waals surface area (Å²) >= 11 is 0. The molecule has 0 spiro atoms. The van der Waals surface area contributed by atoms with Gasteiger partial charge < -0.3 is 52.3 Å². The summed E-state index contributed by atoms with van der Waals surface area (Å²) in [6.45, 7) is 12.6. The highest BCUT2D eigenvalue weighted by atomic mass is 16.6. The minimum atomic E-state index is -0.516. The third kappa shape index (κ3) is 17.8. The molecular formula is C38H57NO12. The Labute approximate surface area is 302 Å². The van der Waals surface area contributed by atoms with Crippen molar-refractivity contribution in [2.75, 3.05) is 126 Å². The largest absolute Gasteiger partial charge is 0.458 e. The number of hydrogen-bond donors (Lipinski definition) is 0. The van der Waals surface area contributed by atoms with E-state index < -0.39 is 11.6 Å². The molecule has 0 saturated heterocycles. The van der Waals surface area contributed by atoms with Crippen molar-refractivity contribution >= 4 is 12.1 Å². The van der Waals surface area contributed by atoms with Gasteiger partial charge in [0.25, 0.3) is 0 Å². The number of amides is 1. The van der Waals surface area contributed by atoms with Crippen molar-refractivity contribution in [2.24, 2.45) is 0 Å². The standard InChI is InChI=1S/C38H57NO12/c1-38(2,3)51-36(40)30-49-28-27-48-26-25-47-24-23-46-22-21-45-20-19-44-18-17-43-16-15-42-14-13-39(4)37(41)50-29-35-33-11-7-5-9-31(33)32-10-6-8-12-34(32)35/h5-12,35H,13-30H2,1-4H3. The number of likely N-dealkylation sites (N-methyl/N-ethyl adjacent to an activating group) is 1. The lowest BCUT2D eigenvalue weighted by Gasteiger charge is -2.19. The van der Waals surface area contributed by atoms with Gasteiger partial charge in [-0.2, -0.15) is 0 Å². The van der Waals surface area contributed by atoms with E-state index in [1.54, 1.807) is 7.05 Å². The van der Waals surface area contributed by atoms with Crippen molar-refractivity contribution in [3.8, 4) is 11.1 Å². The highest BCUT2D eigenvalue weighted by Gasteiger charge is 2.29. The van der Waals surface area contributed by atoms with Gasteiger partial charge in [0.2, 0.25) is 0 Å². The molecule has 2 aromatic carbocycles. The lowest BCUT2D eigenvalue weighted by molar-refractivity contribution is -0.160. The van der Waals surface area contributed by atoms with E-state index >= 15 is 0 Å². The number of ether oxygens (including phenoxy) is 10. The summed E-state index contributed by atoms with van der Waals surface area (Å²) < 4.78 is 54.5. The molecule has 286 valence electrons. The van der Waals surface area contributed by atoms with Gasteiger partial charge in [-0.25, -0.2) is 9.59 Å². The van der Waals surface area contributed by atoms with Crippen LogP contribution in [-0.2, 0) is 52.2 Å². The summed E-state index contributed by atoms with van der Waals surface area (Å²) in [5, 5.41) is 0. The van der Waals surface area contributed by atoms with Gasteiger partial charge in [0.15, 0.2) is 0 Å². The van der Waals surface area contributed by atoms with E-state index in [0.717, 1.165) is 0 Å². The van der Waals surface area contributed by atoms with Gasteiger partial charge in [0.05, 0.1) is 99.1 Å². The minimum absolute atomic E-state index is 0.0359. The molecule has 0 fully saturated rings. The van der Waals surface area contributed by atoms with Crippen LogP contribution in [0.25, 0.3) is 11.1 Å². The first kappa shape index (κ1) is 42.3. The molecule has 0 saturated carbocycles. The SMILES string of the molecule is CN(CCOCCOCCOCCOCCOCCOCCOCCOCC(=O)OC(C)(C)C)C(=O)OCC1c2ccccc2-c2ccccc21. The molecule has 0 unspecified atom stereocenters. The summed E-state index contributed by atoms with van der Waals surface area (Å²) in [4.78, 5) is 25.6. The van der Waals surface area contributed by atoms with E-state index in [1.165, 1.54) is 27.2 Å². The highest BCUT2D eigenvalue weighted by molar-refractivity contribution is 5.79. The zero-order valence-corrected chi connectivity index (χ0v) is 30.8. The van der Waals surface area contributed by atoms with Crippen LogP contribution in [0.2, 0.25) is 0 Å². The fourth-order valence-corrected chi connectivity index (χ4v) is 5.06. The predicted octanol–water partition coefficient (Wildman–Crippen LogP) is 4.34. The number of carbonyl (C=O) groups is 2. The first-order chi connectivity index (χ1) is 24.8. The molecule has 1 aliphatic carbocycles. The van der Waals surface area contributed by atoms with E-state index in [9.17, 15) is 9.59 Å². The van der Waals surface area contributed by atoms with Crippen molar-refractivity contribution in [3.63, 3.8) is 0 Å². The van der Waals surface area contributed by atoms with Gasteiger partial charge in [0, 0.05) is 19.5 Å². The molecule has 13 nitrogen and oxygen atoms in total. The van der Waals surface area contributed by atoms with Gasteiger partial charge in [-0.1, -0.05) is 48.5 Å². The van der Waals surface area contributed by atoms with Gasteiger partial charge >= 0.3 is 12.1 Å². The van der Waals surface area contributed by atoms with E-state index in [2.05, 4.69) is 24.3 Å². The zero-order chi connectivity index (χ0) is 36.6. The molecule has 0 aromatic heterocycles. The second-order valence-corrected chi connectivity index (χ2v) is 12.7. The maximum absolute atomic E-state index is 12.6. The molecule has 0 atom stereocenters. The first-order valence-corrected chi connectivity index (χ1v) is 17.7. The molecular weight excluding hydrogens is 662 g/mol.